The smallest absolute Gasteiger partial charge is 0.226 e. The number of carbonyl (C=O) groups excluding carboxylic acids is 1. The van der Waals surface area contributed by atoms with Crippen molar-refractivity contribution in [2.75, 3.05) is 18.1 Å². The molecule has 20 heavy (non-hydrogen) atoms. The maximum absolute atomic E-state index is 12.6. The van der Waals surface area contributed by atoms with Crippen LogP contribution in [0.5, 0.6) is 0 Å². The molecule has 6 heteroatoms. The SMILES string of the molecule is CCN(C(=O)C1CCS(=O)(=O)C1)C1CC2CCC(C1)N2. The van der Waals surface area contributed by atoms with Gasteiger partial charge in [-0.05, 0) is 39.0 Å². The second-order valence-corrected chi connectivity index (χ2v) is 8.72. The summed E-state index contributed by atoms with van der Waals surface area (Å²) in [4.78, 5) is 14.6. The Kier molecular flexibility index (Phi) is 3.79. The van der Waals surface area contributed by atoms with Crippen molar-refractivity contribution in [1.29, 1.82) is 0 Å². The van der Waals surface area contributed by atoms with E-state index in [2.05, 4.69) is 5.32 Å². The number of piperidine rings is 1. The Bertz CT molecular complexity index is 479. The first-order chi connectivity index (χ1) is 9.48. The molecule has 3 fully saturated rings. The fourth-order valence-corrected chi connectivity index (χ4v) is 5.83. The van der Waals surface area contributed by atoms with E-state index in [4.69, 9.17) is 0 Å². The molecule has 0 radical (unpaired) electrons. The molecule has 2 bridgehead atoms. The standard InChI is InChI=1S/C14H24N2O3S/c1-2-16(13-7-11-3-4-12(8-13)15-11)14(17)10-5-6-20(18,19)9-10/h10-13,15H,2-9H2,1H3. The van der Waals surface area contributed by atoms with Crippen molar-refractivity contribution < 1.29 is 13.2 Å². The van der Waals surface area contributed by atoms with Crippen molar-refractivity contribution in [2.24, 2.45) is 5.92 Å². The Morgan fingerprint density at radius 3 is 2.35 bits per heavy atom. The van der Waals surface area contributed by atoms with Crippen molar-refractivity contribution in [1.82, 2.24) is 10.2 Å². The molecule has 3 unspecified atom stereocenters. The minimum Gasteiger partial charge on any atom is -0.340 e. The Labute approximate surface area is 121 Å². The van der Waals surface area contributed by atoms with E-state index >= 15 is 0 Å². The molecule has 0 aliphatic carbocycles. The number of sulfone groups is 1. The second kappa shape index (κ2) is 5.30. The highest BCUT2D eigenvalue weighted by Gasteiger charge is 2.41. The third-order valence-corrected chi connectivity index (χ3v) is 6.86. The molecule has 3 aliphatic rings. The van der Waals surface area contributed by atoms with Gasteiger partial charge in [-0.25, -0.2) is 8.42 Å². The van der Waals surface area contributed by atoms with Crippen LogP contribution >= 0.6 is 0 Å². The van der Waals surface area contributed by atoms with Crippen LogP contribution in [0.2, 0.25) is 0 Å². The van der Waals surface area contributed by atoms with Crippen molar-refractivity contribution in [3.63, 3.8) is 0 Å². The Balaban J connectivity index is 1.68. The molecule has 0 spiro atoms. The topological polar surface area (TPSA) is 66.5 Å². The van der Waals surface area contributed by atoms with E-state index in [0.717, 1.165) is 12.8 Å². The van der Waals surface area contributed by atoms with Crippen molar-refractivity contribution in [3.8, 4) is 0 Å². The molecule has 3 saturated heterocycles. The summed E-state index contributed by atoms with van der Waals surface area (Å²) in [6.45, 7) is 2.70. The Morgan fingerprint density at radius 1 is 1.20 bits per heavy atom. The zero-order valence-corrected chi connectivity index (χ0v) is 12.9. The van der Waals surface area contributed by atoms with Crippen LogP contribution in [0.4, 0.5) is 0 Å². The molecule has 114 valence electrons. The molecule has 3 atom stereocenters. The maximum Gasteiger partial charge on any atom is 0.226 e. The van der Waals surface area contributed by atoms with E-state index in [1.807, 2.05) is 11.8 Å². The van der Waals surface area contributed by atoms with Crippen LogP contribution in [-0.4, -0.2) is 55.4 Å². The molecule has 0 aromatic heterocycles. The van der Waals surface area contributed by atoms with Gasteiger partial charge >= 0.3 is 0 Å². The number of nitrogens with zero attached hydrogens (tertiary/aromatic N) is 1. The summed E-state index contributed by atoms with van der Waals surface area (Å²) >= 11 is 0. The lowest BCUT2D eigenvalue weighted by molar-refractivity contribution is -0.137. The predicted molar refractivity (Wildman–Crippen MR) is 77.1 cm³/mol. The Hall–Kier alpha value is -0.620. The number of fused-ring (bicyclic) bond motifs is 2. The summed E-state index contributed by atoms with van der Waals surface area (Å²) in [5, 5.41) is 3.59. The van der Waals surface area contributed by atoms with Gasteiger partial charge in [-0.2, -0.15) is 0 Å². The zero-order chi connectivity index (χ0) is 14.3. The molecule has 1 amide bonds. The summed E-state index contributed by atoms with van der Waals surface area (Å²) in [5.41, 5.74) is 0. The van der Waals surface area contributed by atoms with E-state index in [0.29, 0.717) is 31.1 Å². The number of hydrogen-bond acceptors (Lipinski definition) is 4. The molecule has 0 aromatic rings. The molecular weight excluding hydrogens is 276 g/mol. The second-order valence-electron chi connectivity index (χ2n) is 6.49. The maximum atomic E-state index is 12.6. The molecule has 0 saturated carbocycles. The van der Waals surface area contributed by atoms with E-state index in [-0.39, 0.29) is 23.3 Å². The number of hydrogen-bond donors (Lipinski definition) is 1. The van der Waals surface area contributed by atoms with Gasteiger partial charge in [-0.1, -0.05) is 0 Å². The third-order valence-electron chi connectivity index (χ3n) is 5.09. The number of nitrogens with one attached hydrogen (secondary N) is 1. The summed E-state index contributed by atoms with van der Waals surface area (Å²) < 4.78 is 23.1. The molecule has 3 aliphatic heterocycles. The summed E-state index contributed by atoms with van der Waals surface area (Å²) in [7, 11) is -2.98. The lowest BCUT2D eigenvalue weighted by Crippen LogP contribution is -2.51. The lowest BCUT2D eigenvalue weighted by Gasteiger charge is -2.38. The van der Waals surface area contributed by atoms with Gasteiger partial charge in [0.1, 0.15) is 0 Å². The normalized spacial score (nSPS) is 38.9. The minimum atomic E-state index is -2.98. The van der Waals surface area contributed by atoms with Gasteiger partial charge < -0.3 is 10.2 Å². The molecule has 5 nitrogen and oxygen atoms in total. The average Bonchev–Trinajstić information content (AvgIpc) is 2.93. The van der Waals surface area contributed by atoms with Gasteiger partial charge in [-0.15, -0.1) is 0 Å². The van der Waals surface area contributed by atoms with E-state index in [1.165, 1.54) is 12.8 Å². The van der Waals surface area contributed by atoms with Crippen LogP contribution in [0.25, 0.3) is 0 Å². The first kappa shape index (κ1) is 14.3. The van der Waals surface area contributed by atoms with Crippen LogP contribution < -0.4 is 5.32 Å². The molecule has 3 heterocycles. The first-order valence-corrected chi connectivity index (χ1v) is 9.57. The number of carbonyl (C=O) groups is 1. The van der Waals surface area contributed by atoms with Gasteiger partial charge in [-0.3, -0.25) is 4.79 Å². The molecular formula is C14H24N2O3S. The van der Waals surface area contributed by atoms with Crippen LogP contribution in [0.3, 0.4) is 0 Å². The van der Waals surface area contributed by atoms with E-state index < -0.39 is 9.84 Å². The fourth-order valence-electron chi connectivity index (χ4n) is 4.10. The van der Waals surface area contributed by atoms with Crippen molar-refractivity contribution >= 4 is 15.7 Å². The summed E-state index contributed by atoms with van der Waals surface area (Å²) in [6, 6.07) is 1.40. The molecule has 1 N–H and O–H groups in total. The van der Waals surface area contributed by atoms with Gasteiger partial charge in [0.25, 0.3) is 0 Å². The van der Waals surface area contributed by atoms with Crippen molar-refractivity contribution in [2.45, 2.75) is 57.2 Å². The van der Waals surface area contributed by atoms with Crippen molar-refractivity contribution in [3.05, 3.63) is 0 Å². The molecule has 0 aromatic carbocycles. The number of amides is 1. The highest BCUT2D eigenvalue weighted by Crippen LogP contribution is 2.31. The first-order valence-electron chi connectivity index (χ1n) is 7.75. The highest BCUT2D eigenvalue weighted by atomic mass is 32.2. The highest BCUT2D eigenvalue weighted by molar-refractivity contribution is 7.91. The zero-order valence-electron chi connectivity index (χ0n) is 12.0. The lowest BCUT2D eigenvalue weighted by atomic mass is 9.96. The number of rotatable bonds is 3. The van der Waals surface area contributed by atoms with E-state index in [1.54, 1.807) is 0 Å². The largest absolute Gasteiger partial charge is 0.340 e. The van der Waals surface area contributed by atoms with Crippen LogP contribution in [0, 0.1) is 5.92 Å². The summed E-state index contributed by atoms with van der Waals surface area (Å²) in [6.07, 6.45) is 4.98. The van der Waals surface area contributed by atoms with Crippen LogP contribution in [0.1, 0.15) is 39.0 Å². The minimum absolute atomic E-state index is 0.0557. The predicted octanol–water partition coefficient (Wildman–Crippen LogP) is 0.553. The Morgan fingerprint density at radius 2 is 1.85 bits per heavy atom. The monoisotopic (exact) mass is 300 g/mol. The van der Waals surface area contributed by atoms with Gasteiger partial charge in [0.15, 0.2) is 9.84 Å². The van der Waals surface area contributed by atoms with Gasteiger partial charge in [0, 0.05) is 24.7 Å². The fraction of sp³-hybridized carbons (Fsp3) is 0.929. The quantitative estimate of drug-likeness (QED) is 0.827. The van der Waals surface area contributed by atoms with Gasteiger partial charge in [0.05, 0.1) is 17.4 Å². The summed E-state index contributed by atoms with van der Waals surface area (Å²) in [5.74, 6) is 0.00542. The third kappa shape index (κ3) is 2.72. The molecule has 3 rings (SSSR count). The van der Waals surface area contributed by atoms with Crippen LogP contribution in [-0.2, 0) is 14.6 Å². The van der Waals surface area contributed by atoms with E-state index in [9.17, 15) is 13.2 Å². The van der Waals surface area contributed by atoms with Gasteiger partial charge in [0.2, 0.25) is 5.91 Å². The average molecular weight is 300 g/mol. The van der Waals surface area contributed by atoms with Crippen LogP contribution in [0.15, 0.2) is 0 Å².